The number of amides is 2. The molecular weight excluding hydrogens is 316 g/mol. The molecule has 0 unspecified atom stereocenters. The number of rotatable bonds is 7. The molecule has 2 amide bonds. The molecule has 2 N–H and O–H groups in total. The molecule has 2 heterocycles. The van der Waals surface area contributed by atoms with Gasteiger partial charge >= 0.3 is 12.0 Å². The number of carbonyl (C=O) groups is 2. The summed E-state index contributed by atoms with van der Waals surface area (Å²) in [6.45, 7) is 6.24. The zero-order valence-corrected chi connectivity index (χ0v) is 13.8. The van der Waals surface area contributed by atoms with E-state index in [0.29, 0.717) is 5.82 Å². The second-order valence-corrected chi connectivity index (χ2v) is 4.90. The minimum absolute atomic E-state index is 0.0380. The standard InChI is InChI=1S/C14H20N6O4/c1-4-20-8-10(6-16-20)12-18-11(24-19-12)7-15-14(22)17-9(3)13(21)23-5-2/h6,8-9H,4-5,7H2,1-3H3,(H2,15,17,22)/t9-/m0/s1. The van der Waals surface area contributed by atoms with Gasteiger partial charge in [0, 0.05) is 12.7 Å². The van der Waals surface area contributed by atoms with Gasteiger partial charge in [-0.25, -0.2) is 9.59 Å². The van der Waals surface area contributed by atoms with E-state index in [0.717, 1.165) is 12.1 Å². The van der Waals surface area contributed by atoms with Gasteiger partial charge in [0.2, 0.25) is 11.7 Å². The molecule has 0 fully saturated rings. The van der Waals surface area contributed by atoms with Crippen LogP contribution in [0.15, 0.2) is 16.9 Å². The van der Waals surface area contributed by atoms with Crippen molar-refractivity contribution in [3.63, 3.8) is 0 Å². The molecular formula is C14H20N6O4. The van der Waals surface area contributed by atoms with Crippen LogP contribution in [-0.2, 0) is 22.6 Å². The predicted molar refractivity (Wildman–Crippen MR) is 82.7 cm³/mol. The van der Waals surface area contributed by atoms with E-state index in [4.69, 9.17) is 9.26 Å². The van der Waals surface area contributed by atoms with E-state index in [1.807, 2.05) is 6.92 Å². The van der Waals surface area contributed by atoms with E-state index in [2.05, 4.69) is 25.9 Å². The summed E-state index contributed by atoms with van der Waals surface area (Å²) in [5, 5.41) is 13.0. The lowest BCUT2D eigenvalue weighted by Gasteiger charge is -2.12. The number of hydrogen-bond acceptors (Lipinski definition) is 7. The molecule has 10 nitrogen and oxygen atoms in total. The number of hydrogen-bond donors (Lipinski definition) is 2. The monoisotopic (exact) mass is 336 g/mol. The molecule has 0 radical (unpaired) electrons. The zero-order valence-electron chi connectivity index (χ0n) is 13.8. The molecule has 2 aromatic heterocycles. The molecule has 24 heavy (non-hydrogen) atoms. The van der Waals surface area contributed by atoms with Crippen molar-refractivity contribution in [3.8, 4) is 11.4 Å². The van der Waals surface area contributed by atoms with Crippen LogP contribution < -0.4 is 10.6 Å². The first-order valence-electron chi connectivity index (χ1n) is 7.59. The minimum Gasteiger partial charge on any atom is -0.464 e. The second-order valence-electron chi connectivity index (χ2n) is 4.90. The van der Waals surface area contributed by atoms with E-state index >= 15 is 0 Å². The highest BCUT2D eigenvalue weighted by atomic mass is 16.5. The Morgan fingerprint density at radius 2 is 2.21 bits per heavy atom. The van der Waals surface area contributed by atoms with Crippen molar-refractivity contribution >= 4 is 12.0 Å². The largest absolute Gasteiger partial charge is 0.464 e. The molecule has 0 saturated carbocycles. The van der Waals surface area contributed by atoms with E-state index in [-0.39, 0.29) is 19.0 Å². The van der Waals surface area contributed by atoms with Gasteiger partial charge in [0.15, 0.2) is 0 Å². The van der Waals surface area contributed by atoms with Crippen LogP contribution in [0.4, 0.5) is 4.79 Å². The Balaban J connectivity index is 1.84. The summed E-state index contributed by atoms with van der Waals surface area (Å²) < 4.78 is 11.6. The molecule has 0 spiro atoms. The molecule has 10 heteroatoms. The van der Waals surface area contributed by atoms with Gasteiger partial charge in [-0.1, -0.05) is 5.16 Å². The Morgan fingerprint density at radius 1 is 1.42 bits per heavy atom. The van der Waals surface area contributed by atoms with Gasteiger partial charge in [-0.05, 0) is 20.8 Å². The Labute approximate surface area is 138 Å². The molecule has 0 aliphatic heterocycles. The van der Waals surface area contributed by atoms with Crippen LogP contribution in [0.3, 0.4) is 0 Å². The highest BCUT2D eigenvalue weighted by Gasteiger charge is 2.17. The van der Waals surface area contributed by atoms with Crippen molar-refractivity contribution in [2.45, 2.75) is 39.9 Å². The maximum absolute atomic E-state index is 11.7. The Morgan fingerprint density at radius 3 is 2.88 bits per heavy atom. The molecule has 0 aromatic carbocycles. The van der Waals surface area contributed by atoms with Crippen LogP contribution >= 0.6 is 0 Å². The highest BCUT2D eigenvalue weighted by molar-refractivity contribution is 5.83. The number of nitrogens with one attached hydrogen (secondary N) is 2. The summed E-state index contributed by atoms with van der Waals surface area (Å²) in [6, 6.07) is -1.28. The van der Waals surface area contributed by atoms with Crippen molar-refractivity contribution in [3.05, 3.63) is 18.3 Å². The number of urea groups is 1. The topological polar surface area (TPSA) is 124 Å². The van der Waals surface area contributed by atoms with Gasteiger partial charge < -0.3 is 19.9 Å². The SMILES string of the molecule is CCOC(=O)[C@H](C)NC(=O)NCc1nc(-c2cnn(CC)c2)no1. The molecule has 0 bridgehead atoms. The van der Waals surface area contributed by atoms with Gasteiger partial charge in [-0.3, -0.25) is 4.68 Å². The Bertz CT molecular complexity index is 695. The number of nitrogens with zero attached hydrogens (tertiary/aromatic N) is 4. The summed E-state index contributed by atoms with van der Waals surface area (Å²) in [5.74, 6) is 0.139. The summed E-state index contributed by atoms with van der Waals surface area (Å²) in [4.78, 5) is 27.3. The first-order chi connectivity index (χ1) is 11.5. The average molecular weight is 336 g/mol. The molecule has 130 valence electrons. The lowest BCUT2D eigenvalue weighted by Crippen LogP contribution is -2.44. The minimum atomic E-state index is -0.747. The van der Waals surface area contributed by atoms with Gasteiger partial charge in [0.1, 0.15) is 6.04 Å². The fourth-order valence-electron chi connectivity index (χ4n) is 1.83. The third-order valence-corrected chi connectivity index (χ3v) is 3.07. The normalized spacial score (nSPS) is 11.8. The average Bonchev–Trinajstić information content (AvgIpc) is 3.21. The summed E-state index contributed by atoms with van der Waals surface area (Å²) >= 11 is 0. The van der Waals surface area contributed by atoms with Crippen molar-refractivity contribution in [1.82, 2.24) is 30.6 Å². The van der Waals surface area contributed by atoms with E-state index in [9.17, 15) is 9.59 Å². The van der Waals surface area contributed by atoms with Crippen LogP contribution in [0.1, 0.15) is 26.7 Å². The van der Waals surface area contributed by atoms with Gasteiger partial charge in [-0.15, -0.1) is 0 Å². The fraction of sp³-hybridized carbons (Fsp3) is 0.500. The molecule has 1 atom stereocenters. The number of carbonyl (C=O) groups excluding carboxylic acids is 2. The van der Waals surface area contributed by atoms with Crippen LogP contribution in [0.5, 0.6) is 0 Å². The van der Waals surface area contributed by atoms with Crippen molar-refractivity contribution in [2.75, 3.05) is 6.61 Å². The number of ether oxygens (including phenoxy) is 1. The van der Waals surface area contributed by atoms with Crippen LogP contribution in [-0.4, -0.2) is 44.6 Å². The molecule has 0 aliphatic rings. The van der Waals surface area contributed by atoms with Crippen molar-refractivity contribution in [1.29, 1.82) is 0 Å². The molecule has 0 aliphatic carbocycles. The lowest BCUT2D eigenvalue weighted by molar-refractivity contribution is -0.144. The highest BCUT2D eigenvalue weighted by Crippen LogP contribution is 2.14. The maximum atomic E-state index is 11.7. The summed E-state index contributed by atoms with van der Waals surface area (Å²) in [5.41, 5.74) is 0.729. The Kier molecular flexibility index (Phi) is 5.88. The third kappa shape index (κ3) is 4.54. The number of aryl methyl sites for hydroxylation is 1. The molecule has 2 aromatic rings. The van der Waals surface area contributed by atoms with E-state index in [1.165, 1.54) is 6.92 Å². The van der Waals surface area contributed by atoms with Gasteiger partial charge in [-0.2, -0.15) is 10.1 Å². The van der Waals surface area contributed by atoms with E-state index in [1.54, 1.807) is 24.0 Å². The van der Waals surface area contributed by atoms with Crippen molar-refractivity contribution < 1.29 is 18.8 Å². The quantitative estimate of drug-likeness (QED) is 0.713. The van der Waals surface area contributed by atoms with Crippen molar-refractivity contribution in [2.24, 2.45) is 0 Å². The molecule has 0 saturated heterocycles. The maximum Gasteiger partial charge on any atom is 0.328 e. The third-order valence-electron chi connectivity index (χ3n) is 3.07. The first-order valence-corrected chi connectivity index (χ1v) is 7.59. The van der Waals surface area contributed by atoms with Gasteiger partial charge in [0.25, 0.3) is 0 Å². The van der Waals surface area contributed by atoms with Crippen LogP contribution in [0, 0.1) is 0 Å². The zero-order chi connectivity index (χ0) is 17.5. The smallest absolute Gasteiger partial charge is 0.328 e. The fourth-order valence-corrected chi connectivity index (χ4v) is 1.83. The molecule has 2 rings (SSSR count). The summed E-state index contributed by atoms with van der Waals surface area (Å²) in [6.07, 6.45) is 3.44. The van der Waals surface area contributed by atoms with Crippen LogP contribution in [0.25, 0.3) is 11.4 Å². The second kappa shape index (κ2) is 8.09. The Hall–Kier alpha value is -2.91. The predicted octanol–water partition coefficient (Wildman–Crippen LogP) is 0.704. The lowest BCUT2D eigenvalue weighted by atomic mass is 10.3. The van der Waals surface area contributed by atoms with Crippen LogP contribution in [0.2, 0.25) is 0 Å². The summed E-state index contributed by atoms with van der Waals surface area (Å²) in [7, 11) is 0. The van der Waals surface area contributed by atoms with E-state index < -0.39 is 18.0 Å². The van der Waals surface area contributed by atoms with Gasteiger partial charge in [0.05, 0.1) is 24.9 Å². The number of esters is 1. The number of aromatic nitrogens is 4. The first kappa shape index (κ1) is 17.4.